The fourth-order valence-electron chi connectivity index (χ4n) is 3.26. The monoisotopic (exact) mass is 450 g/mol. The van der Waals surface area contributed by atoms with E-state index >= 15 is 0 Å². The third-order valence-corrected chi connectivity index (χ3v) is 5.92. The van der Waals surface area contributed by atoms with Gasteiger partial charge in [-0.1, -0.05) is 59.8 Å². The van der Waals surface area contributed by atoms with Gasteiger partial charge in [0, 0.05) is 17.3 Å². The van der Waals surface area contributed by atoms with Gasteiger partial charge in [0.05, 0.1) is 11.0 Å². The predicted molar refractivity (Wildman–Crippen MR) is 120 cm³/mol. The van der Waals surface area contributed by atoms with Crippen LogP contribution in [-0.4, -0.2) is 19.7 Å². The molecule has 8 heteroatoms. The Hall–Kier alpha value is -3.16. The van der Waals surface area contributed by atoms with Crippen molar-refractivity contribution in [2.24, 2.45) is 0 Å². The summed E-state index contributed by atoms with van der Waals surface area (Å²) in [6, 6.07) is 21.9. The number of halogens is 2. The molecule has 0 unspecified atom stereocenters. The zero-order chi connectivity index (χ0) is 21.2. The summed E-state index contributed by atoms with van der Waals surface area (Å²) >= 11 is 7.39. The minimum atomic E-state index is -0.265. The predicted octanol–water partition coefficient (Wildman–Crippen LogP) is 6.22. The number of para-hydroxylation sites is 2. The van der Waals surface area contributed by atoms with E-state index in [9.17, 15) is 4.39 Å². The van der Waals surface area contributed by atoms with E-state index in [1.165, 1.54) is 23.9 Å². The quantitative estimate of drug-likeness (QED) is 0.287. The minimum Gasteiger partial charge on any atom is -0.408 e. The highest BCUT2D eigenvalue weighted by atomic mass is 35.5. The Bertz CT molecular complexity index is 1330. The van der Waals surface area contributed by atoms with Crippen molar-refractivity contribution in [2.75, 3.05) is 0 Å². The number of hydrogen-bond acceptors (Lipinski definition) is 5. The largest absolute Gasteiger partial charge is 0.408 e. The Morgan fingerprint density at radius 1 is 0.903 bits per heavy atom. The molecule has 154 valence electrons. The van der Waals surface area contributed by atoms with Gasteiger partial charge < -0.3 is 8.98 Å². The van der Waals surface area contributed by atoms with Crippen molar-refractivity contribution in [3.8, 4) is 11.7 Å². The highest BCUT2D eigenvalue weighted by molar-refractivity contribution is 7.98. The Morgan fingerprint density at radius 3 is 2.45 bits per heavy atom. The van der Waals surface area contributed by atoms with E-state index in [4.69, 9.17) is 21.0 Å². The first-order chi connectivity index (χ1) is 15.2. The van der Waals surface area contributed by atoms with Crippen LogP contribution in [0.25, 0.3) is 22.7 Å². The van der Waals surface area contributed by atoms with Crippen LogP contribution in [0.15, 0.2) is 82.4 Å². The molecule has 5 aromatic rings. The van der Waals surface area contributed by atoms with Gasteiger partial charge in [-0.15, -0.1) is 10.2 Å². The standard InChI is InChI=1S/C23H16ClFN4OS/c24-17-9-5-16(6-10-17)14-31-23-28-27-22(30-23)21-26-19-3-1-2-4-20(19)29(21)13-15-7-11-18(25)12-8-15/h1-12H,13-14H2. The summed E-state index contributed by atoms with van der Waals surface area (Å²) < 4.78 is 21.2. The second-order valence-corrected chi connectivity index (χ2v) is 8.29. The molecule has 5 rings (SSSR count). The lowest BCUT2D eigenvalue weighted by Gasteiger charge is -2.07. The van der Waals surface area contributed by atoms with Gasteiger partial charge in [0.25, 0.3) is 11.1 Å². The molecule has 2 aromatic heterocycles. The Labute approximate surface area is 186 Å². The molecule has 0 spiro atoms. The summed E-state index contributed by atoms with van der Waals surface area (Å²) in [6.07, 6.45) is 0. The van der Waals surface area contributed by atoms with E-state index in [0.717, 1.165) is 22.2 Å². The van der Waals surface area contributed by atoms with Gasteiger partial charge in [-0.3, -0.25) is 0 Å². The fourth-order valence-corrected chi connectivity index (χ4v) is 4.10. The fraction of sp³-hybridized carbons (Fsp3) is 0.0870. The minimum absolute atomic E-state index is 0.265. The number of hydrogen-bond donors (Lipinski definition) is 0. The van der Waals surface area contributed by atoms with Gasteiger partial charge in [-0.2, -0.15) is 0 Å². The molecule has 0 radical (unpaired) electrons. The lowest BCUT2D eigenvalue weighted by atomic mass is 10.2. The number of fused-ring (bicyclic) bond motifs is 1. The molecule has 0 amide bonds. The smallest absolute Gasteiger partial charge is 0.284 e. The van der Waals surface area contributed by atoms with E-state index in [2.05, 4.69) is 10.2 Å². The summed E-state index contributed by atoms with van der Waals surface area (Å²) in [4.78, 5) is 4.71. The average molecular weight is 451 g/mol. The van der Waals surface area contributed by atoms with E-state index in [1.54, 1.807) is 12.1 Å². The molecule has 0 aliphatic carbocycles. The molecular formula is C23H16ClFN4OS. The molecule has 0 saturated heterocycles. The molecule has 0 saturated carbocycles. The van der Waals surface area contributed by atoms with Crippen LogP contribution in [-0.2, 0) is 12.3 Å². The third kappa shape index (κ3) is 4.33. The van der Waals surface area contributed by atoms with Crippen molar-refractivity contribution in [2.45, 2.75) is 17.5 Å². The number of nitrogens with zero attached hydrogens (tertiary/aromatic N) is 4. The number of benzene rings is 3. The van der Waals surface area contributed by atoms with Crippen LogP contribution >= 0.6 is 23.4 Å². The lowest BCUT2D eigenvalue weighted by molar-refractivity contribution is 0.461. The van der Waals surface area contributed by atoms with Gasteiger partial charge in [-0.05, 0) is 47.5 Å². The normalized spacial score (nSPS) is 11.3. The molecule has 0 atom stereocenters. The Balaban J connectivity index is 1.44. The lowest BCUT2D eigenvalue weighted by Crippen LogP contribution is -2.02. The molecular weight excluding hydrogens is 435 g/mol. The van der Waals surface area contributed by atoms with Gasteiger partial charge >= 0.3 is 0 Å². The van der Waals surface area contributed by atoms with Crippen LogP contribution in [0.5, 0.6) is 0 Å². The number of rotatable bonds is 6. The van der Waals surface area contributed by atoms with Gasteiger partial charge in [0.15, 0.2) is 5.82 Å². The maximum Gasteiger partial charge on any atom is 0.284 e. The maximum atomic E-state index is 13.3. The van der Waals surface area contributed by atoms with Crippen LogP contribution in [0.3, 0.4) is 0 Å². The summed E-state index contributed by atoms with van der Waals surface area (Å²) in [5.41, 5.74) is 3.82. The van der Waals surface area contributed by atoms with Crippen molar-refractivity contribution < 1.29 is 8.81 Å². The molecule has 5 nitrogen and oxygen atoms in total. The van der Waals surface area contributed by atoms with Crippen molar-refractivity contribution in [1.82, 2.24) is 19.7 Å². The number of aromatic nitrogens is 4. The second kappa shape index (κ2) is 8.53. The van der Waals surface area contributed by atoms with E-state index in [1.807, 2.05) is 53.1 Å². The molecule has 31 heavy (non-hydrogen) atoms. The van der Waals surface area contributed by atoms with E-state index in [0.29, 0.717) is 34.3 Å². The van der Waals surface area contributed by atoms with Crippen molar-refractivity contribution in [3.05, 3.63) is 94.8 Å². The van der Waals surface area contributed by atoms with E-state index < -0.39 is 0 Å². The second-order valence-electron chi connectivity index (χ2n) is 6.92. The molecule has 0 bridgehead atoms. The van der Waals surface area contributed by atoms with Crippen LogP contribution in [0.2, 0.25) is 5.02 Å². The van der Waals surface area contributed by atoms with Gasteiger partial charge in [0.2, 0.25) is 0 Å². The molecule has 3 aromatic carbocycles. The number of imidazole rings is 1. The zero-order valence-corrected chi connectivity index (χ0v) is 17.8. The third-order valence-electron chi connectivity index (χ3n) is 4.78. The van der Waals surface area contributed by atoms with Crippen molar-refractivity contribution >= 4 is 34.4 Å². The highest BCUT2D eigenvalue weighted by Gasteiger charge is 2.19. The van der Waals surface area contributed by atoms with Crippen molar-refractivity contribution in [3.63, 3.8) is 0 Å². The summed E-state index contributed by atoms with van der Waals surface area (Å²) in [6.45, 7) is 0.506. The van der Waals surface area contributed by atoms with Gasteiger partial charge in [-0.25, -0.2) is 9.37 Å². The summed E-state index contributed by atoms with van der Waals surface area (Å²) in [5, 5.41) is 9.56. The van der Waals surface area contributed by atoms with Crippen LogP contribution in [0.1, 0.15) is 11.1 Å². The number of thioether (sulfide) groups is 1. The van der Waals surface area contributed by atoms with Crippen molar-refractivity contribution in [1.29, 1.82) is 0 Å². The molecule has 0 fully saturated rings. The zero-order valence-electron chi connectivity index (χ0n) is 16.2. The van der Waals surface area contributed by atoms with Gasteiger partial charge in [0.1, 0.15) is 5.82 Å². The van der Waals surface area contributed by atoms with Crippen LogP contribution in [0, 0.1) is 5.82 Å². The first-order valence-corrected chi connectivity index (χ1v) is 10.9. The Kier molecular flexibility index (Phi) is 5.44. The SMILES string of the molecule is Fc1ccc(Cn2c(-c3nnc(SCc4ccc(Cl)cc4)o3)nc3ccccc32)cc1. The highest BCUT2D eigenvalue weighted by Crippen LogP contribution is 2.29. The summed E-state index contributed by atoms with van der Waals surface area (Å²) in [5.74, 6) is 1.34. The molecule has 0 aliphatic heterocycles. The maximum absolute atomic E-state index is 13.3. The van der Waals surface area contributed by atoms with Crippen LogP contribution in [0.4, 0.5) is 4.39 Å². The van der Waals surface area contributed by atoms with Crippen LogP contribution < -0.4 is 0 Å². The molecule has 0 N–H and O–H groups in total. The topological polar surface area (TPSA) is 56.7 Å². The summed E-state index contributed by atoms with van der Waals surface area (Å²) in [7, 11) is 0. The first kappa shape index (κ1) is 19.8. The van der Waals surface area contributed by atoms with E-state index in [-0.39, 0.29) is 5.82 Å². The molecule has 2 heterocycles. The molecule has 0 aliphatic rings. The first-order valence-electron chi connectivity index (χ1n) is 9.56. The Morgan fingerprint density at radius 2 is 1.65 bits per heavy atom. The average Bonchev–Trinajstić information content (AvgIpc) is 3.40.